The van der Waals surface area contributed by atoms with E-state index in [-0.39, 0.29) is 17.3 Å². The maximum atomic E-state index is 12.4. The van der Waals surface area contributed by atoms with Crippen molar-refractivity contribution in [3.8, 4) is 22.6 Å². The molecule has 2 heterocycles. The van der Waals surface area contributed by atoms with Crippen LogP contribution in [0.3, 0.4) is 0 Å². The van der Waals surface area contributed by atoms with Crippen LogP contribution in [0.25, 0.3) is 22.6 Å². The number of benzene rings is 2. The Morgan fingerprint density at radius 1 is 1.16 bits per heavy atom. The number of hydrogen-bond acceptors (Lipinski definition) is 8. The number of rotatable bonds is 8. The first-order valence-corrected chi connectivity index (χ1v) is 11.5. The Morgan fingerprint density at radius 3 is 2.69 bits per heavy atom. The number of hydrogen-bond donors (Lipinski definition) is 1. The maximum absolute atomic E-state index is 12.4. The Balaban J connectivity index is 1.42. The van der Waals surface area contributed by atoms with E-state index in [0.29, 0.717) is 28.2 Å². The van der Waals surface area contributed by atoms with E-state index in [2.05, 4.69) is 20.5 Å². The average Bonchev–Trinajstić information content (AvgIpc) is 3.45. The van der Waals surface area contributed by atoms with E-state index in [1.54, 1.807) is 12.1 Å². The van der Waals surface area contributed by atoms with Crippen molar-refractivity contribution in [2.24, 2.45) is 0 Å². The third-order valence-corrected chi connectivity index (χ3v) is 6.23. The number of amides is 1. The van der Waals surface area contributed by atoms with Crippen LogP contribution in [0.5, 0.6) is 0 Å². The molecule has 0 atom stereocenters. The van der Waals surface area contributed by atoms with Gasteiger partial charge in [0.05, 0.1) is 16.4 Å². The monoisotopic (exact) mass is 466 g/mol. The molecule has 0 radical (unpaired) electrons. The Kier molecular flexibility index (Phi) is 6.57. The van der Waals surface area contributed by atoms with E-state index in [4.69, 9.17) is 0 Å². The van der Waals surface area contributed by atoms with Crippen molar-refractivity contribution in [2.45, 2.75) is 18.6 Å². The Bertz CT molecular complexity index is 1260. The van der Waals surface area contributed by atoms with Crippen LogP contribution in [0.1, 0.15) is 6.92 Å². The highest BCUT2D eigenvalue weighted by molar-refractivity contribution is 7.99. The van der Waals surface area contributed by atoms with Gasteiger partial charge in [-0.25, -0.2) is 4.98 Å². The lowest BCUT2D eigenvalue weighted by Crippen LogP contribution is -2.14. The SMILES string of the molecule is CCn1c(SCC(=O)Nc2nc(-c3ccccc3)cs2)nnc1-c1cccc([N+](=O)[O-])c1. The fraction of sp³-hybridized carbons (Fsp3) is 0.143. The van der Waals surface area contributed by atoms with E-state index in [1.807, 2.05) is 47.2 Å². The lowest BCUT2D eigenvalue weighted by atomic mass is 10.2. The van der Waals surface area contributed by atoms with Crippen LogP contribution in [0, 0.1) is 10.1 Å². The van der Waals surface area contributed by atoms with Crippen LogP contribution in [-0.4, -0.2) is 36.3 Å². The first-order chi connectivity index (χ1) is 15.5. The molecule has 4 rings (SSSR count). The summed E-state index contributed by atoms with van der Waals surface area (Å²) in [6, 6.07) is 16.0. The predicted molar refractivity (Wildman–Crippen MR) is 125 cm³/mol. The van der Waals surface area contributed by atoms with Crippen molar-refractivity contribution >= 4 is 39.8 Å². The van der Waals surface area contributed by atoms with Gasteiger partial charge in [0.25, 0.3) is 5.69 Å². The van der Waals surface area contributed by atoms with E-state index in [9.17, 15) is 14.9 Å². The molecule has 9 nitrogen and oxygen atoms in total. The van der Waals surface area contributed by atoms with Gasteiger partial charge in [-0.3, -0.25) is 14.9 Å². The summed E-state index contributed by atoms with van der Waals surface area (Å²) in [5, 5.41) is 25.2. The first kappa shape index (κ1) is 21.7. The van der Waals surface area contributed by atoms with Crippen LogP contribution < -0.4 is 5.32 Å². The summed E-state index contributed by atoms with van der Waals surface area (Å²) in [6.45, 7) is 2.48. The number of nitrogens with one attached hydrogen (secondary N) is 1. The maximum Gasteiger partial charge on any atom is 0.270 e. The number of thiazole rings is 1. The minimum atomic E-state index is -0.446. The molecule has 2 aromatic carbocycles. The number of thioether (sulfide) groups is 1. The minimum absolute atomic E-state index is 0.0138. The second-order valence-corrected chi connectivity index (χ2v) is 8.40. The summed E-state index contributed by atoms with van der Waals surface area (Å²) < 4.78 is 1.83. The van der Waals surface area contributed by atoms with Gasteiger partial charge < -0.3 is 9.88 Å². The fourth-order valence-electron chi connectivity index (χ4n) is 3.01. The van der Waals surface area contributed by atoms with Gasteiger partial charge in [0.15, 0.2) is 16.1 Å². The highest BCUT2D eigenvalue weighted by atomic mass is 32.2. The highest BCUT2D eigenvalue weighted by Crippen LogP contribution is 2.27. The smallest absolute Gasteiger partial charge is 0.270 e. The number of aromatic nitrogens is 4. The lowest BCUT2D eigenvalue weighted by molar-refractivity contribution is -0.384. The standard InChI is InChI=1S/C21H18N6O3S2/c1-2-26-19(15-9-6-10-16(11-15)27(29)30)24-25-21(26)32-13-18(28)23-20-22-17(12-31-20)14-7-4-3-5-8-14/h3-12H,2,13H2,1H3,(H,22,23,28). The Morgan fingerprint density at radius 2 is 1.94 bits per heavy atom. The number of carbonyl (C=O) groups excluding carboxylic acids is 1. The minimum Gasteiger partial charge on any atom is -0.302 e. The normalized spacial score (nSPS) is 10.8. The van der Waals surface area contributed by atoms with Crippen molar-refractivity contribution < 1.29 is 9.72 Å². The summed E-state index contributed by atoms with van der Waals surface area (Å²) in [7, 11) is 0. The molecule has 0 spiro atoms. The number of nitro benzene ring substituents is 1. The summed E-state index contributed by atoms with van der Waals surface area (Å²) in [5.41, 5.74) is 2.38. The van der Waals surface area contributed by atoms with Gasteiger partial charge >= 0.3 is 0 Å². The van der Waals surface area contributed by atoms with Gasteiger partial charge in [-0.1, -0.05) is 54.2 Å². The van der Waals surface area contributed by atoms with Crippen LogP contribution >= 0.6 is 23.1 Å². The molecule has 0 bridgehead atoms. The molecule has 2 aromatic heterocycles. The summed E-state index contributed by atoms with van der Waals surface area (Å²) in [6.07, 6.45) is 0. The second kappa shape index (κ2) is 9.71. The van der Waals surface area contributed by atoms with Gasteiger partial charge in [0, 0.05) is 35.2 Å². The van der Waals surface area contributed by atoms with Crippen LogP contribution in [0.2, 0.25) is 0 Å². The number of nitro groups is 1. The molecule has 32 heavy (non-hydrogen) atoms. The van der Waals surface area contributed by atoms with Crippen molar-refractivity contribution in [3.05, 3.63) is 70.1 Å². The number of carbonyl (C=O) groups is 1. The van der Waals surface area contributed by atoms with E-state index in [0.717, 1.165) is 11.3 Å². The molecule has 0 aliphatic carbocycles. The second-order valence-electron chi connectivity index (χ2n) is 6.60. The highest BCUT2D eigenvalue weighted by Gasteiger charge is 2.17. The largest absolute Gasteiger partial charge is 0.302 e. The van der Waals surface area contributed by atoms with E-state index >= 15 is 0 Å². The van der Waals surface area contributed by atoms with Crippen molar-refractivity contribution in [1.29, 1.82) is 0 Å². The third kappa shape index (κ3) is 4.84. The number of non-ortho nitro benzene ring substituents is 1. The molecule has 0 unspecified atom stereocenters. The lowest BCUT2D eigenvalue weighted by Gasteiger charge is -2.07. The summed E-state index contributed by atoms with van der Waals surface area (Å²) in [4.78, 5) is 27.5. The fourth-order valence-corrected chi connectivity index (χ4v) is 4.55. The molecule has 0 aliphatic heterocycles. The van der Waals surface area contributed by atoms with E-state index < -0.39 is 4.92 Å². The average molecular weight is 467 g/mol. The van der Waals surface area contributed by atoms with Crippen LogP contribution in [0.15, 0.2) is 65.1 Å². The van der Waals surface area contributed by atoms with Gasteiger partial charge in [-0.05, 0) is 6.92 Å². The van der Waals surface area contributed by atoms with Gasteiger partial charge in [0.1, 0.15) is 0 Å². The molecule has 11 heteroatoms. The third-order valence-electron chi connectivity index (χ3n) is 4.50. The Hall–Kier alpha value is -3.57. The summed E-state index contributed by atoms with van der Waals surface area (Å²) in [5.74, 6) is 0.450. The molecule has 0 fully saturated rings. The molecule has 4 aromatic rings. The van der Waals surface area contributed by atoms with Gasteiger partial charge in [0.2, 0.25) is 5.91 Å². The molecule has 162 valence electrons. The zero-order chi connectivity index (χ0) is 22.5. The predicted octanol–water partition coefficient (Wildman–Crippen LogP) is 4.73. The van der Waals surface area contributed by atoms with Crippen LogP contribution in [0.4, 0.5) is 10.8 Å². The van der Waals surface area contributed by atoms with Crippen molar-refractivity contribution in [2.75, 3.05) is 11.1 Å². The molecule has 0 saturated carbocycles. The van der Waals surface area contributed by atoms with Crippen molar-refractivity contribution in [3.63, 3.8) is 0 Å². The molecule has 1 N–H and O–H groups in total. The Labute approximate surface area is 191 Å². The number of anilines is 1. The van der Waals surface area contributed by atoms with Gasteiger partial charge in [-0.15, -0.1) is 21.5 Å². The molecule has 1 amide bonds. The quantitative estimate of drug-likeness (QED) is 0.227. The summed E-state index contributed by atoms with van der Waals surface area (Å²) >= 11 is 2.61. The first-order valence-electron chi connectivity index (χ1n) is 9.66. The molecule has 0 saturated heterocycles. The van der Waals surface area contributed by atoms with Gasteiger partial charge in [-0.2, -0.15) is 0 Å². The zero-order valence-corrected chi connectivity index (χ0v) is 18.6. The topological polar surface area (TPSA) is 116 Å². The molecular weight excluding hydrogens is 448 g/mol. The van der Waals surface area contributed by atoms with Crippen LogP contribution in [-0.2, 0) is 11.3 Å². The van der Waals surface area contributed by atoms with Crippen molar-refractivity contribution in [1.82, 2.24) is 19.7 Å². The number of nitrogens with zero attached hydrogens (tertiary/aromatic N) is 5. The molecular formula is C21H18N6O3S2. The molecule has 0 aliphatic rings. The van der Waals surface area contributed by atoms with E-state index in [1.165, 1.54) is 35.2 Å². The zero-order valence-electron chi connectivity index (χ0n) is 17.0.